The van der Waals surface area contributed by atoms with Crippen LogP contribution in [0.4, 0.5) is 10.1 Å². The van der Waals surface area contributed by atoms with Gasteiger partial charge < -0.3 is 10.1 Å². The van der Waals surface area contributed by atoms with E-state index in [2.05, 4.69) is 21.2 Å². The third kappa shape index (κ3) is 4.72. The molecule has 0 radical (unpaired) electrons. The smallest absolute Gasteiger partial charge is 0.338 e. The van der Waals surface area contributed by atoms with Gasteiger partial charge in [-0.05, 0) is 30.3 Å². The molecule has 2 aromatic rings. The zero-order valence-corrected chi connectivity index (χ0v) is 13.3. The lowest BCUT2D eigenvalue weighted by atomic mass is 10.1. The Hall–Kier alpha value is -2.54. The highest BCUT2D eigenvalue weighted by atomic mass is 79.9. The number of anilines is 1. The average Bonchev–Trinajstić information content (AvgIpc) is 2.55. The first-order valence-electron chi connectivity index (χ1n) is 6.47. The Morgan fingerprint density at radius 1 is 1.17 bits per heavy atom. The van der Waals surface area contributed by atoms with Crippen molar-refractivity contribution in [3.05, 3.63) is 63.9 Å². The third-order valence-corrected chi connectivity index (χ3v) is 3.32. The highest BCUT2D eigenvalue weighted by molar-refractivity contribution is 9.10. The Bertz CT molecular complexity index is 746. The molecule has 0 aromatic heterocycles. The van der Waals surface area contributed by atoms with Gasteiger partial charge in [-0.1, -0.05) is 28.1 Å². The summed E-state index contributed by atoms with van der Waals surface area (Å²) in [6, 6.07) is 9.91. The molecule has 0 aliphatic carbocycles. The van der Waals surface area contributed by atoms with Crippen molar-refractivity contribution >= 4 is 39.8 Å². The van der Waals surface area contributed by atoms with E-state index in [1.807, 2.05) is 0 Å². The lowest BCUT2D eigenvalue weighted by Gasteiger charge is -2.08. The number of halogens is 2. The van der Waals surface area contributed by atoms with E-state index in [-0.39, 0.29) is 11.3 Å². The summed E-state index contributed by atoms with van der Waals surface area (Å²) in [5.74, 6) is -1.98. The maximum absolute atomic E-state index is 13.6. The molecule has 0 bridgehead atoms. The molecule has 1 N–H and O–H groups in total. The van der Waals surface area contributed by atoms with E-state index < -0.39 is 24.3 Å². The summed E-state index contributed by atoms with van der Waals surface area (Å²) >= 11 is 3.10. The van der Waals surface area contributed by atoms with Crippen LogP contribution < -0.4 is 5.32 Å². The number of esters is 1. The normalized spacial score (nSPS) is 10.0. The summed E-state index contributed by atoms with van der Waals surface area (Å²) < 4.78 is 18.9. The van der Waals surface area contributed by atoms with Gasteiger partial charge in [-0.2, -0.15) is 0 Å². The number of hydrogen-bond donors (Lipinski definition) is 1. The summed E-state index contributed by atoms with van der Waals surface area (Å²) in [6.07, 6.45) is 0.648. The molecule has 0 unspecified atom stereocenters. The number of nitrogens with one attached hydrogen (secondary N) is 1. The van der Waals surface area contributed by atoms with Gasteiger partial charge >= 0.3 is 5.97 Å². The van der Waals surface area contributed by atoms with Crippen LogP contribution in [0.3, 0.4) is 0 Å². The van der Waals surface area contributed by atoms with E-state index in [4.69, 9.17) is 4.74 Å². The zero-order chi connectivity index (χ0) is 16.8. The molecule has 0 atom stereocenters. The molecule has 0 aliphatic rings. The summed E-state index contributed by atoms with van der Waals surface area (Å²) in [6.45, 7) is -0.552. The lowest BCUT2D eigenvalue weighted by Crippen LogP contribution is -2.21. The minimum absolute atomic E-state index is 0.00964. The zero-order valence-electron chi connectivity index (χ0n) is 11.7. The number of rotatable bonds is 5. The summed E-state index contributed by atoms with van der Waals surface area (Å²) in [4.78, 5) is 33.9. The van der Waals surface area contributed by atoms with Crippen molar-refractivity contribution in [3.8, 4) is 0 Å². The van der Waals surface area contributed by atoms with Crippen molar-refractivity contribution in [1.29, 1.82) is 0 Å². The minimum Gasteiger partial charge on any atom is -0.452 e. The summed E-state index contributed by atoms with van der Waals surface area (Å²) in [5.41, 5.74) is 0.618. The topological polar surface area (TPSA) is 72.5 Å². The Morgan fingerprint density at radius 3 is 2.48 bits per heavy atom. The molecule has 2 rings (SSSR count). The molecular weight excluding hydrogens is 369 g/mol. The number of amides is 1. The monoisotopic (exact) mass is 379 g/mol. The van der Waals surface area contributed by atoms with Gasteiger partial charge in [0, 0.05) is 10.0 Å². The van der Waals surface area contributed by atoms with Crippen LogP contribution in [0.5, 0.6) is 0 Å². The highest BCUT2D eigenvalue weighted by Crippen LogP contribution is 2.19. The van der Waals surface area contributed by atoms with Gasteiger partial charge in [0.25, 0.3) is 5.91 Å². The van der Waals surface area contributed by atoms with Crippen molar-refractivity contribution in [2.45, 2.75) is 0 Å². The van der Waals surface area contributed by atoms with Crippen molar-refractivity contribution in [2.24, 2.45) is 0 Å². The van der Waals surface area contributed by atoms with Gasteiger partial charge in [0.15, 0.2) is 6.61 Å². The van der Waals surface area contributed by atoms with E-state index in [1.165, 1.54) is 36.4 Å². The van der Waals surface area contributed by atoms with Gasteiger partial charge in [-0.25, -0.2) is 9.18 Å². The maximum atomic E-state index is 13.6. The van der Waals surface area contributed by atoms with E-state index >= 15 is 0 Å². The quantitative estimate of drug-likeness (QED) is 0.639. The number of aldehydes is 1. The maximum Gasteiger partial charge on any atom is 0.338 e. The van der Waals surface area contributed by atoms with Crippen LogP contribution in [-0.4, -0.2) is 24.8 Å². The molecule has 0 spiro atoms. The minimum atomic E-state index is -0.714. The second-order valence-corrected chi connectivity index (χ2v) is 5.40. The number of benzene rings is 2. The van der Waals surface area contributed by atoms with Crippen LogP contribution in [0.1, 0.15) is 20.7 Å². The standard InChI is InChI=1S/C16H11BrFNO4/c17-12-5-6-14(13(18)7-12)19-15(21)9-23-16(22)11-3-1-10(8-20)2-4-11/h1-8H,9H2,(H,19,21). The molecule has 23 heavy (non-hydrogen) atoms. The molecule has 0 saturated heterocycles. The Labute approximate surface area is 139 Å². The molecule has 0 heterocycles. The Balaban J connectivity index is 1.90. The molecule has 0 saturated carbocycles. The van der Waals surface area contributed by atoms with Crippen molar-refractivity contribution < 1.29 is 23.5 Å². The van der Waals surface area contributed by atoms with Crippen LogP contribution in [0, 0.1) is 5.82 Å². The highest BCUT2D eigenvalue weighted by Gasteiger charge is 2.12. The molecule has 7 heteroatoms. The van der Waals surface area contributed by atoms with E-state index in [0.29, 0.717) is 16.3 Å². The fourth-order valence-electron chi connectivity index (χ4n) is 1.69. The predicted molar refractivity (Wildman–Crippen MR) is 84.8 cm³/mol. The van der Waals surface area contributed by atoms with Crippen LogP contribution in [0.25, 0.3) is 0 Å². The Kier molecular flexibility index (Phi) is 5.59. The molecule has 0 fully saturated rings. The van der Waals surface area contributed by atoms with E-state index in [9.17, 15) is 18.8 Å². The van der Waals surface area contributed by atoms with Crippen molar-refractivity contribution in [2.75, 3.05) is 11.9 Å². The average molecular weight is 380 g/mol. The van der Waals surface area contributed by atoms with Crippen LogP contribution in [0.15, 0.2) is 46.9 Å². The van der Waals surface area contributed by atoms with E-state index in [0.717, 1.165) is 0 Å². The molecule has 2 aromatic carbocycles. The molecule has 0 aliphatic heterocycles. The number of carbonyl (C=O) groups excluding carboxylic acids is 3. The van der Waals surface area contributed by atoms with Crippen LogP contribution in [-0.2, 0) is 9.53 Å². The second kappa shape index (κ2) is 7.64. The van der Waals surface area contributed by atoms with Gasteiger partial charge in [-0.15, -0.1) is 0 Å². The molecular formula is C16H11BrFNO4. The van der Waals surface area contributed by atoms with Gasteiger partial charge in [0.2, 0.25) is 0 Å². The first-order valence-corrected chi connectivity index (χ1v) is 7.26. The summed E-state index contributed by atoms with van der Waals surface area (Å²) in [5, 5.41) is 2.30. The van der Waals surface area contributed by atoms with E-state index in [1.54, 1.807) is 6.07 Å². The second-order valence-electron chi connectivity index (χ2n) is 4.49. The fraction of sp³-hybridized carbons (Fsp3) is 0.0625. The van der Waals surface area contributed by atoms with Gasteiger partial charge in [0.1, 0.15) is 12.1 Å². The third-order valence-electron chi connectivity index (χ3n) is 2.82. The molecule has 118 valence electrons. The van der Waals surface area contributed by atoms with Gasteiger partial charge in [0.05, 0.1) is 11.3 Å². The number of hydrogen-bond acceptors (Lipinski definition) is 4. The molecule has 5 nitrogen and oxygen atoms in total. The van der Waals surface area contributed by atoms with Crippen molar-refractivity contribution in [3.63, 3.8) is 0 Å². The number of carbonyl (C=O) groups is 3. The lowest BCUT2D eigenvalue weighted by molar-refractivity contribution is -0.119. The Morgan fingerprint density at radius 2 is 1.87 bits per heavy atom. The van der Waals surface area contributed by atoms with Crippen molar-refractivity contribution in [1.82, 2.24) is 0 Å². The van der Waals surface area contributed by atoms with Crippen LogP contribution in [0.2, 0.25) is 0 Å². The fourth-order valence-corrected chi connectivity index (χ4v) is 2.02. The number of ether oxygens (including phenoxy) is 1. The molecule has 1 amide bonds. The SMILES string of the molecule is O=Cc1ccc(C(=O)OCC(=O)Nc2ccc(Br)cc2F)cc1. The first-order chi connectivity index (χ1) is 11.0. The first kappa shape index (κ1) is 16.8. The summed E-state index contributed by atoms with van der Waals surface area (Å²) in [7, 11) is 0. The van der Waals surface area contributed by atoms with Crippen LogP contribution >= 0.6 is 15.9 Å². The largest absolute Gasteiger partial charge is 0.452 e. The predicted octanol–water partition coefficient (Wildman–Crippen LogP) is 3.20. The van der Waals surface area contributed by atoms with Gasteiger partial charge in [-0.3, -0.25) is 9.59 Å².